The molecule has 5 heteroatoms. The Morgan fingerprint density at radius 3 is 3.00 bits per heavy atom. The first-order valence-corrected chi connectivity index (χ1v) is 6.04. The van der Waals surface area contributed by atoms with Crippen molar-refractivity contribution in [3.05, 3.63) is 29.6 Å². The maximum Gasteiger partial charge on any atom is 0.335 e. The van der Waals surface area contributed by atoms with Gasteiger partial charge in [0.15, 0.2) is 0 Å². The van der Waals surface area contributed by atoms with Gasteiger partial charge in [0.25, 0.3) is 0 Å². The fourth-order valence-corrected chi connectivity index (χ4v) is 2.27. The van der Waals surface area contributed by atoms with Crippen molar-refractivity contribution in [1.29, 1.82) is 0 Å². The summed E-state index contributed by atoms with van der Waals surface area (Å²) in [5.74, 6) is -1.45. The van der Waals surface area contributed by atoms with Crippen molar-refractivity contribution < 1.29 is 14.3 Å². The predicted molar refractivity (Wildman–Crippen MR) is 67.5 cm³/mol. The summed E-state index contributed by atoms with van der Waals surface area (Å²) in [5.41, 5.74) is 0.373. The molecule has 0 aliphatic carbocycles. The number of nitrogens with zero attached hydrogens (tertiary/aromatic N) is 1. The second-order valence-corrected chi connectivity index (χ2v) is 4.75. The summed E-state index contributed by atoms with van der Waals surface area (Å²) in [6.45, 7) is 1.90. The van der Waals surface area contributed by atoms with Crippen LogP contribution in [0.15, 0.2) is 18.2 Å². The number of piperidine rings is 1. The van der Waals surface area contributed by atoms with E-state index in [1.54, 1.807) is 0 Å². The number of likely N-dealkylation sites (N-methyl/N-ethyl adjacent to an activating group) is 1. The number of aromatic carboxylic acids is 1. The molecule has 1 heterocycles. The number of anilines is 1. The Hall–Kier alpha value is -1.62. The molecule has 0 saturated carbocycles. The van der Waals surface area contributed by atoms with Gasteiger partial charge in [-0.25, -0.2) is 9.18 Å². The second-order valence-electron chi connectivity index (χ2n) is 4.75. The van der Waals surface area contributed by atoms with Crippen LogP contribution in [0.5, 0.6) is 0 Å². The van der Waals surface area contributed by atoms with Crippen LogP contribution >= 0.6 is 0 Å². The zero-order chi connectivity index (χ0) is 13.1. The summed E-state index contributed by atoms with van der Waals surface area (Å²) >= 11 is 0. The molecule has 0 amide bonds. The number of likely N-dealkylation sites (tertiary alicyclic amines) is 1. The molecule has 2 N–H and O–H groups in total. The van der Waals surface area contributed by atoms with Crippen molar-refractivity contribution in [3.63, 3.8) is 0 Å². The molecule has 1 aromatic carbocycles. The van der Waals surface area contributed by atoms with Gasteiger partial charge in [-0.2, -0.15) is 0 Å². The lowest BCUT2D eigenvalue weighted by Gasteiger charge is -2.31. The van der Waals surface area contributed by atoms with E-state index in [1.807, 2.05) is 7.05 Å². The Kier molecular flexibility index (Phi) is 3.81. The topological polar surface area (TPSA) is 52.6 Å². The molecule has 1 aliphatic heterocycles. The highest BCUT2D eigenvalue weighted by Gasteiger charge is 2.18. The average molecular weight is 252 g/mol. The van der Waals surface area contributed by atoms with Gasteiger partial charge in [0, 0.05) is 12.6 Å². The summed E-state index contributed by atoms with van der Waals surface area (Å²) in [7, 11) is 2.03. The maximum atomic E-state index is 13.6. The number of carboxylic acid groups (broad SMARTS) is 1. The van der Waals surface area contributed by atoms with E-state index in [2.05, 4.69) is 10.2 Å². The van der Waals surface area contributed by atoms with Crippen molar-refractivity contribution in [2.45, 2.75) is 18.9 Å². The van der Waals surface area contributed by atoms with Crippen molar-refractivity contribution in [3.8, 4) is 0 Å². The number of hydrogen-bond acceptors (Lipinski definition) is 3. The van der Waals surface area contributed by atoms with Crippen LogP contribution in [-0.2, 0) is 0 Å². The molecule has 0 bridgehead atoms. The van der Waals surface area contributed by atoms with E-state index in [-0.39, 0.29) is 17.3 Å². The van der Waals surface area contributed by atoms with E-state index in [0.717, 1.165) is 25.9 Å². The standard InChI is InChI=1S/C13H17FN2O2/c1-16-6-2-3-10(8-16)15-12-7-9(13(17)18)4-5-11(12)14/h4-5,7,10,15H,2-3,6,8H2,1H3,(H,17,18). The van der Waals surface area contributed by atoms with Gasteiger partial charge in [0.1, 0.15) is 5.82 Å². The lowest BCUT2D eigenvalue weighted by molar-refractivity contribution is 0.0697. The molecule has 0 aromatic heterocycles. The Balaban J connectivity index is 2.12. The van der Waals surface area contributed by atoms with Crippen LogP contribution in [0.3, 0.4) is 0 Å². The highest BCUT2D eigenvalue weighted by Crippen LogP contribution is 2.20. The van der Waals surface area contributed by atoms with Crippen molar-refractivity contribution in [2.75, 3.05) is 25.5 Å². The van der Waals surface area contributed by atoms with Gasteiger partial charge in [-0.1, -0.05) is 0 Å². The summed E-state index contributed by atoms with van der Waals surface area (Å²) in [4.78, 5) is 13.0. The maximum absolute atomic E-state index is 13.6. The van der Waals surface area contributed by atoms with Gasteiger partial charge in [-0.05, 0) is 44.6 Å². The largest absolute Gasteiger partial charge is 0.478 e. The molecule has 4 nitrogen and oxygen atoms in total. The van der Waals surface area contributed by atoms with E-state index in [4.69, 9.17) is 5.11 Å². The van der Waals surface area contributed by atoms with Gasteiger partial charge in [0.05, 0.1) is 11.3 Å². The third-order valence-corrected chi connectivity index (χ3v) is 3.20. The third-order valence-electron chi connectivity index (χ3n) is 3.20. The molecule has 1 unspecified atom stereocenters. The molecule has 1 atom stereocenters. The average Bonchev–Trinajstić information content (AvgIpc) is 2.31. The molecular weight excluding hydrogens is 235 g/mol. The highest BCUT2D eigenvalue weighted by molar-refractivity contribution is 5.88. The minimum Gasteiger partial charge on any atom is -0.478 e. The Labute approximate surface area is 105 Å². The molecule has 2 rings (SSSR count). The lowest BCUT2D eigenvalue weighted by Crippen LogP contribution is -2.39. The molecule has 1 aromatic rings. The summed E-state index contributed by atoms with van der Waals surface area (Å²) in [6, 6.07) is 3.99. The van der Waals surface area contributed by atoms with E-state index in [9.17, 15) is 9.18 Å². The smallest absolute Gasteiger partial charge is 0.335 e. The van der Waals surface area contributed by atoms with Crippen molar-refractivity contribution in [1.82, 2.24) is 4.90 Å². The normalized spacial score (nSPS) is 20.7. The number of nitrogens with one attached hydrogen (secondary N) is 1. The van der Waals surface area contributed by atoms with Crippen molar-refractivity contribution >= 4 is 11.7 Å². The van der Waals surface area contributed by atoms with Gasteiger partial charge >= 0.3 is 5.97 Å². The molecule has 98 valence electrons. The number of rotatable bonds is 3. The van der Waals surface area contributed by atoms with Crippen LogP contribution in [0.2, 0.25) is 0 Å². The van der Waals surface area contributed by atoms with E-state index < -0.39 is 11.8 Å². The van der Waals surface area contributed by atoms with E-state index in [0.29, 0.717) is 0 Å². The van der Waals surface area contributed by atoms with Crippen LogP contribution in [-0.4, -0.2) is 42.2 Å². The van der Waals surface area contributed by atoms with Gasteiger partial charge in [-0.3, -0.25) is 0 Å². The Morgan fingerprint density at radius 2 is 2.33 bits per heavy atom. The fraction of sp³-hybridized carbons (Fsp3) is 0.462. The van der Waals surface area contributed by atoms with Crippen molar-refractivity contribution in [2.24, 2.45) is 0 Å². The molecule has 0 radical (unpaired) electrons. The lowest BCUT2D eigenvalue weighted by atomic mass is 10.1. The SMILES string of the molecule is CN1CCCC(Nc2cc(C(=O)O)ccc2F)C1. The first-order valence-electron chi connectivity index (χ1n) is 6.04. The van der Waals surface area contributed by atoms with Gasteiger partial charge in [0.2, 0.25) is 0 Å². The minimum absolute atomic E-state index is 0.100. The van der Waals surface area contributed by atoms with Crippen LogP contribution < -0.4 is 5.32 Å². The third kappa shape index (κ3) is 2.98. The van der Waals surface area contributed by atoms with E-state index in [1.165, 1.54) is 18.2 Å². The summed E-state index contributed by atoms with van der Waals surface area (Å²) in [5, 5.41) is 12.0. The number of halogens is 1. The zero-order valence-corrected chi connectivity index (χ0v) is 10.3. The van der Waals surface area contributed by atoms with Crippen LogP contribution in [0.1, 0.15) is 23.2 Å². The van der Waals surface area contributed by atoms with Gasteiger partial charge < -0.3 is 15.3 Å². The van der Waals surface area contributed by atoms with E-state index >= 15 is 0 Å². The first-order chi connectivity index (χ1) is 8.56. The fourth-order valence-electron chi connectivity index (χ4n) is 2.27. The van der Waals surface area contributed by atoms with Gasteiger partial charge in [-0.15, -0.1) is 0 Å². The predicted octanol–water partition coefficient (Wildman–Crippen LogP) is 2.03. The second kappa shape index (κ2) is 5.35. The minimum atomic E-state index is -1.04. The zero-order valence-electron chi connectivity index (χ0n) is 10.3. The van der Waals surface area contributed by atoms with Crippen LogP contribution in [0.25, 0.3) is 0 Å². The molecule has 1 fully saturated rings. The molecule has 0 spiro atoms. The summed E-state index contributed by atoms with van der Waals surface area (Å²) in [6.07, 6.45) is 2.04. The number of carbonyl (C=O) groups is 1. The monoisotopic (exact) mass is 252 g/mol. The molecule has 1 aliphatic rings. The number of carboxylic acids is 1. The quantitative estimate of drug-likeness (QED) is 0.864. The Bertz CT molecular complexity index is 451. The molecule has 1 saturated heterocycles. The highest BCUT2D eigenvalue weighted by atomic mass is 19.1. The molecular formula is C13H17FN2O2. The Morgan fingerprint density at radius 1 is 1.56 bits per heavy atom. The first kappa shape index (κ1) is 12.8. The number of benzene rings is 1. The summed E-state index contributed by atoms with van der Waals surface area (Å²) < 4.78 is 13.6. The van der Waals surface area contributed by atoms with Crippen LogP contribution in [0.4, 0.5) is 10.1 Å². The number of hydrogen-bond donors (Lipinski definition) is 2. The van der Waals surface area contributed by atoms with Crippen LogP contribution in [0, 0.1) is 5.82 Å². The molecule has 18 heavy (non-hydrogen) atoms.